The quantitative estimate of drug-likeness (QED) is 0.662. The number of nitro groups is 1. The second kappa shape index (κ2) is 6.92. The number of non-ortho nitro benzene ring substituents is 1. The Kier molecular flexibility index (Phi) is 4.69. The zero-order valence-corrected chi connectivity index (χ0v) is 13.7. The summed E-state index contributed by atoms with van der Waals surface area (Å²) in [5.41, 5.74) is 0.0560. The predicted octanol–water partition coefficient (Wildman–Crippen LogP) is 3.30. The molecule has 1 aromatic carbocycles. The van der Waals surface area contributed by atoms with Gasteiger partial charge in [-0.15, -0.1) is 0 Å². The van der Waals surface area contributed by atoms with E-state index in [-0.39, 0.29) is 17.6 Å². The number of amides is 1. The molecule has 1 aliphatic heterocycles. The lowest BCUT2D eigenvalue weighted by Gasteiger charge is -2.25. The van der Waals surface area contributed by atoms with Crippen molar-refractivity contribution in [3.63, 3.8) is 0 Å². The SMILES string of the molecule is CC(=O)NCc1ccc(C2CCCN2c2ccc([N+](=O)[O-])cc2F)o1. The smallest absolute Gasteiger partial charge is 0.272 e. The van der Waals surface area contributed by atoms with Crippen molar-refractivity contribution in [2.45, 2.75) is 32.4 Å². The van der Waals surface area contributed by atoms with Gasteiger partial charge in [0.1, 0.15) is 11.5 Å². The van der Waals surface area contributed by atoms with Crippen LogP contribution in [-0.2, 0) is 11.3 Å². The molecule has 0 spiro atoms. The van der Waals surface area contributed by atoms with E-state index in [0.717, 1.165) is 18.9 Å². The van der Waals surface area contributed by atoms with Crippen molar-refractivity contribution in [3.05, 3.63) is 57.8 Å². The lowest BCUT2D eigenvalue weighted by Crippen LogP contribution is -2.23. The second-order valence-corrected chi connectivity index (χ2v) is 5.96. The first kappa shape index (κ1) is 16.9. The Morgan fingerprint density at radius 1 is 1.44 bits per heavy atom. The molecule has 0 saturated carbocycles. The molecule has 1 fully saturated rings. The monoisotopic (exact) mass is 347 g/mol. The summed E-state index contributed by atoms with van der Waals surface area (Å²) in [5.74, 6) is 0.552. The molecular formula is C17H18FN3O4. The van der Waals surface area contributed by atoms with Crippen LogP contribution in [0.2, 0.25) is 0 Å². The number of carbonyl (C=O) groups excluding carboxylic acids is 1. The number of benzene rings is 1. The van der Waals surface area contributed by atoms with Gasteiger partial charge in [-0.2, -0.15) is 0 Å². The average Bonchev–Trinajstić information content (AvgIpc) is 3.21. The van der Waals surface area contributed by atoms with E-state index >= 15 is 0 Å². The number of anilines is 1. The van der Waals surface area contributed by atoms with E-state index < -0.39 is 10.7 Å². The summed E-state index contributed by atoms with van der Waals surface area (Å²) < 4.78 is 20.1. The van der Waals surface area contributed by atoms with Crippen LogP contribution in [0.15, 0.2) is 34.7 Å². The molecule has 132 valence electrons. The molecule has 1 amide bonds. The van der Waals surface area contributed by atoms with Crippen molar-refractivity contribution in [1.82, 2.24) is 5.32 Å². The zero-order chi connectivity index (χ0) is 18.0. The number of nitro benzene ring substituents is 1. The van der Waals surface area contributed by atoms with Gasteiger partial charge in [0.25, 0.3) is 5.69 Å². The molecule has 1 aliphatic rings. The minimum atomic E-state index is -0.619. The summed E-state index contributed by atoms with van der Waals surface area (Å²) in [7, 11) is 0. The molecule has 2 heterocycles. The zero-order valence-electron chi connectivity index (χ0n) is 13.7. The molecule has 1 atom stereocenters. The number of nitrogens with zero attached hydrogens (tertiary/aromatic N) is 2. The number of hydrogen-bond acceptors (Lipinski definition) is 5. The Balaban J connectivity index is 1.81. The van der Waals surface area contributed by atoms with Crippen LogP contribution in [0.4, 0.5) is 15.8 Å². The Bertz CT molecular complexity index is 805. The lowest BCUT2D eigenvalue weighted by atomic mass is 10.1. The maximum Gasteiger partial charge on any atom is 0.272 e. The molecule has 25 heavy (non-hydrogen) atoms. The summed E-state index contributed by atoms with van der Waals surface area (Å²) in [6.07, 6.45) is 1.66. The number of carbonyl (C=O) groups is 1. The molecule has 2 aromatic rings. The summed E-state index contributed by atoms with van der Waals surface area (Å²) in [6, 6.07) is 7.15. The topological polar surface area (TPSA) is 88.6 Å². The normalized spacial score (nSPS) is 16.9. The Hall–Kier alpha value is -2.90. The van der Waals surface area contributed by atoms with Crippen LogP contribution in [0.25, 0.3) is 0 Å². The summed E-state index contributed by atoms with van der Waals surface area (Å²) in [4.78, 5) is 23.0. The molecule has 0 bridgehead atoms. The minimum Gasteiger partial charge on any atom is -0.462 e. The molecule has 1 saturated heterocycles. The number of rotatable bonds is 5. The van der Waals surface area contributed by atoms with Gasteiger partial charge in [0, 0.05) is 19.5 Å². The number of furan rings is 1. The highest BCUT2D eigenvalue weighted by molar-refractivity contribution is 5.72. The van der Waals surface area contributed by atoms with Crippen LogP contribution >= 0.6 is 0 Å². The third-order valence-electron chi connectivity index (χ3n) is 4.23. The van der Waals surface area contributed by atoms with E-state index in [1.165, 1.54) is 19.1 Å². The first-order valence-corrected chi connectivity index (χ1v) is 7.99. The number of halogens is 1. The van der Waals surface area contributed by atoms with Gasteiger partial charge in [-0.3, -0.25) is 14.9 Å². The van der Waals surface area contributed by atoms with Gasteiger partial charge in [0.05, 0.1) is 29.3 Å². The van der Waals surface area contributed by atoms with Crippen molar-refractivity contribution in [2.24, 2.45) is 0 Å². The fraction of sp³-hybridized carbons (Fsp3) is 0.353. The van der Waals surface area contributed by atoms with E-state index in [2.05, 4.69) is 5.32 Å². The van der Waals surface area contributed by atoms with E-state index in [4.69, 9.17) is 4.42 Å². The first-order chi connectivity index (χ1) is 12.0. The fourth-order valence-electron chi connectivity index (χ4n) is 3.07. The highest BCUT2D eigenvalue weighted by Gasteiger charge is 2.31. The van der Waals surface area contributed by atoms with Crippen LogP contribution in [-0.4, -0.2) is 17.4 Å². The molecule has 7 nitrogen and oxygen atoms in total. The van der Waals surface area contributed by atoms with Gasteiger partial charge in [0.2, 0.25) is 5.91 Å². The van der Waals surface area contributed by atoms with Crippen LogP contribution in [0, 0.1) is 15.9 Å². The van der Waals surface area contributed by atoms with Crippen molar-refractivity contribution < 1.29 is 18.5 Å². The highest BCUT2D eigenvalue weighted by atomic mass is 19.1. The third kappa shape index (κ3) is 3.62. The van der Waals surface area contributed by atoms with E-state index in [1.807, 2.05) is 11.0 Å². The Morgan fingerprint density at radius 2 is 2.24 bits per heavy atom. The first-order valence-electron chi connectivity index (χ1n) is 7.99. The number of hydrogen-bond donors (Lipinski definition) is 1. The minimum absolute atomic E-state index is 0.137. The van der Waals surface area contributed by atoms with Gasteiger partial charge in [-0.1, -0.05) is 0 Å². The summed E-state index contributed by atoms with van der Waals surface area (Å²) in [6.45, 7) is 2.37. The summed E-state index contributed by atoms with van der Waals surface area (Å²) >= 11 is 0. The highest BCUT2D eigenvalue weighted by Crippen LogP contribution is 2.38. The Morgan fingerprint density at radius 3 is 2.92 bits per heavy atom. The van der Waals surface area contributed by atoms with Crippen LogP contribution in [0.5, 0.6) is 0 Å². The molecule has 1 unspecified atom stereocenters. The largest absolute Gasteiger partial charge is 0.462 e. The van der Waals surface area contributed by atoms with Crippen molar-refractivity contribution >= 4 is 17.3 Å². The van der Waals surface area contributed by atoms with Gasteiger partial charge < -0.3 is 14.6 Å². The molecular weight excluding hydrogens is 329 g/mol. The second-order valence-electron chi connectivity index (χ2n) is 5.96. The molecule has 0 radical (unpaired) electrons. The van der Waals surface area contributed by atoms with Crippen molar-refractivity contribution in [1.29, 1.82) is 0 Å². The molecule has 8 heteroatoms. The number of nitrogens with one attached hydrogen (secondary N) is 1. The van der Waals surface area contributed by atoms with Crippen LogP contribution < -0.4 is 10.2 Å². The van der Waals surface area contributed by atoms with Gasteiger partial charge in [-0.25, -0.2) is 4.39 Å². The standard InChI is InChI=1S/C17H18FN3O4/c1-11(22)19-10-13-5-7-17(25-13)16-3-2-8-20(16)15-6-4-12(21(23)24)9-14(15)18/h4-7,9,16H,2-3,8,10H2,1H3,(H,19,22). The third-order valence-corrected chi connectivity index (χ3v) is 4.23. The van der Waals surface area contributed by atoms with Crippen molar-refractivity contribution in [3.8, 4) is 0 Å². The van der Waals surface area contributed by atoms with Gasteiger partial charge in [0.15, 0.2) is 5.82 Å². The Labute approximate surface area is 143 Å². The maximum absolute atomic E-state index is 14.3. The average molecular weight is 347 g/mol. The van der Waals surface area contributed by atoms with Gasteiger partial charge in [-0.05, 0) is 31.0 Å². The molecule has 0 aliphatic carbocycles. The molecule has 3 rings (SSSR count). The maximum atomic E-state index is 14.3. The van der Waals surface area contributed by atoms with E-state index in [0.29, 0.717) is 30.3 Å². The van der Waals surface area contributed by atoms with Crippen molar-refractivity contribution in [2.75, 3.05) is 11.4 Å². The lowest BCUT2D eigenvalue weighted by molar-refractivity contribution is -0.385. The predicted molar refractivity (Wildman–Crippen MR) is 88.6 cm³/mol. The molecule has 1 N–H and O–H groups in total. The van der Waals surface area contributed by atoms with Gasteiger partial charge >= 0.3 is 0 Å². The molecule has 1 aromatic heterocycles. The fourth-order valence-corrected chi connectivity index (χ4v) is 3.07. The van der Waals surface area contributed by atoms with E-state index in [9.17, 15) is 19.3 Å². The summed E-state index contributed by atoms with van der Waals surface area (Å²) in [5, 5.41) is 13.4. The van der Waals surface area contributed by atoms with Crippen LogP contribution in [0.3, 0.4) is 0 Å². The van der Waals surface area contributed by atoms with Crippen LogP contribution in [0.1, 0.15) is 37.3 Å². The van der Waals surface area contributed by atoms with E-state index in [1.54, 1.807) is 6.07 Å².